The molecule has 0 aromatic carbocycles. The van der Waals surface area contributed by atoms with Crippen LogP contribution >= 0.6 is 0 Å². The molecule has 4 heterocycles. The van der Waals surface area contributed by atoms with Crippen molar-refractivity contribution < 1.29 is 0 Å². The second-order valence-electron chi connectivity index (χ2n) is 6.48. The molecule has 2 aliphatic rings. The number of H-pyrrole nitrogens is 1. The normalized spacial score (nSPS) is 23.4. The van der Waals surface area contributed by atoms with Gasteiger partial charge in [0.05, 0.1) is 0 Å². The second-order valence-corrected chi connectivity index (χ2v) is 6.48. The Bertz CT molecular complexity index is 774. The van der Waals surface area contributed by atoms with Gasteiger partial charge in [0.1, 0.15) is 12.1 Å². The van der Waals surface area contributed by atoms with Crippen molar-refractivity contribution in [2.24, 2.45) is 11.8 Å². The van der Waals surface area contributed by atoms with Crippen LogP contribution in [0.25, 0.3) is 0 Å². The van der Waals surface area contributed by atoms with Crippen LogP contribution in [0.4, 0.5) is 11.6 Å². The SMILES string of the molecule is Cc1ncnc(N2CC3CN(c4ncc[nH]c4=O)CC3C2)c1C. The monoisotopic (exact) mass is 312 g/mol. The number of hydrogen-bond acceptors (Lipinski definition) is 6. The van der Waals surface area contributed by atoms with Crippen molar-refractivity contribution in [3.05, 3.63) is 40.3 Å². The molecule has 2 fully saturated rings. The van der Waals surface area contributed by atoms with Crippen LogP contribution < -0.4 is 15.4 Å². The summed E-state index contributed by atoms with van der Waals surface area (Å²) in [6.07, 6.45) is 4.86. The number of aromatic amines is 1. The molecule has 2 saturated heterocycles. The molecule has 0 spiro atoms. The van der Waals surface area contributed by atoms with Crippen molar-refractivity contribution >= 4 is 11.6 Å². The molecule has 7 nitrogen and oxygen atoms in total. The number of hydrogen-bond donors (Lipinski definition) is 1. The van der Waals surface area contributed by atoms with Crippen LogP contribution in [0.3, 0.4) is 0 Å². The van der Waals surface area contributed by atoms with Crippen LogP contribution in [0.2, 0.25) is 0 Å². The van der Waals surface area contributed by atoms with Gasteiger partial charge in [-0.15, -0.1) is 0 Å². The summed E-state index contributed by atoms with van der Waals surface area (Å²) in [5.41, 5.74) is 2.09. The maximum atomic E-state index is 11.9. The third-order valence-corrected chi connectivity index (χ3v) is 5.08. The highest BCUT2D eigenvalue weighted by atomic mass is 16.1. The Balaban J connectivity index is 1.51. The van der Waals surface area contributed by atoms with Crippen LogP contribution in [-0.2, 0) is 0 Å². The highest BCUT2D eigenvalue weighted by Crippen LogP contribution is 2.35. The zero-order valence-electron chi connectivity index (χ0n) is 13.4. The Morgan fingerprint density at radius 3 is 2.30 bits per heavy atom. The molecule has 7 heteroatoms. The second kappa shape index (κ2) is 5.33. The number of aromatic nitrogens is 4. The van der Waals surface area contributed by atoms with E-state index in [4.69, 9.17) is 0 Å². The predicted molar refractivity (Wildman–Crippen MR) is 87.8 cm³/mol. The number of anilines is 2. The molecule has 0 radical (unpaired) electrons. The summed E-state index contributed by atoms with van der Waals surface area (Å²) in [6.45, 7) is 7.81. The molecule has 0 aliphatic carbocycles. The molecule has 4 rings (SSSR count). The molecule has 1 N–H and O–H groups in total. The number of nitrogens with one attached hydrogen (secondary N) is 1. The highest BCUT2D eigenvalue weighted by molar-refractivity contribution is 5.50. The van der Waals surface area contributed by atoms with E-state index in [1.807, 2.05) is 6.92 Å². The zero-order chi connectivity index (χ0) is 16.0. The lowest BCUT2D eigenvalue weighted by atomic mass is 10.0. The highest BCUT2D eigenvalue weighted by Gasteiger charge is 2.41. The Morgan fingerprint density at radius 1 is 1.00 bits per heavy atom. The molecule has 2 aliphatic heterocycles. The van der Waals surface area contributed by atoms with E-state index >= 15 is 0 Å². The first-order valence-corrected chi connectivity index (χ1v) is 7.95. The fourth-order valence-corrected chi connectivity index (χ4v) is 3.75. The van der Waals surface area contributed by atoms with E-state index in [1.165, 1.54) is 0 Å². The maximum Gasteiger partial charge on any atom is 0.290 e. The van der Waals surface area contributed by atoms with Crippen molar-refractivity contribution in [2.75, 3.05) is 36.0 Å². The van der Waals surface area contributed by atoms with Gasteiger partial charge in [-0.05, 0) is 13.8 Å². The van der Waals surface area contributed by atoms with E-state index in [9.17, 15) is 4.79 Å². The van der Waals surface area contributed by atoms with Gasteiger partial charge in [0.2, 0.25) is 0 Å². The number of fused-ring (bicyclic) bond motifs is 1. The van der Waals surface area contributed by atoms with E-state index < -0.39 is 0 Å². The van der Waals surface area contributed by atoms with E-state index in [1.54, 1.807) is 18.7 Å². The van der Waals surface area contributed by atoms with E-state index in [0.717, 1.165) is 43.3 Å². The van der Waals surface area contributed by atoms with Crippen LogP contribution in [0.5, 0.6) is 0 Å². The number of nitrogens with zero attached hydrogens (tertiary/aromatic N) is 5. The molecule has 2 aromatic rings. The largest absolute Gasteiger partial charge is 0.356 e. The Morgan fingerprint density at radius 2 is 1.65 bits per heavy atom. The van der Waals surface area contributed by atoms with Crippen molar-refractivity contribution in [1.82, 2.24) is 19.9 Å². The van der Waals surface area contributed by atoms with E-state index in [-0.39, 0.29) is 5.56 Å². The van der Waals surface area contributed by atoms with Crippen LogP contribution in [0.1, 0.15) is 11.3 Å². The molecular formula is C16H20N6O. The molecule has 2 aromatic heterocycles. The minimum Gasteiger partial charge on any atom is -0.356 e. The quantitative estimate of drug-likeness (QED) is 0.882. The average Bonchev–Trinajstić information content (AvgIpc) is 3.09. The lowest BCUT2D eigenvalue weighted by Gasteiger charge is -2.23. The molecular weight excluding hydrogens is 292 g/mol. The minimum atomic E-state index is -0.105. The van der Waals surface area contributed by atoms with Crippen molar-refractivity contribution in [3.63, 3.8) is 0 Å². The van der Waals surface area contributed by atoms with Crippen LogP contribution in [0.15, 0.2) is 23.5 Å². The first kappa shape index (κ1) is 14.2. The standard InChI is InChI=1S/C16H20N6O/c1-10-11(2)19-9-20-14(10)21-5-12-7-22(8-13(12)6-21)15-16(23)18-4-3-17-15/h3-4,9,12-13H,5-8H2,1-2H3,(H,18,23). The van der Waals surface area contributed by atoms with E-state index in [0.29, 0.717) is 17.7 Å². The summed E-state index contributed by atoms with van der Waals surface area (Å²) in [6, 6.07) is 0. The van der Waals surface area contributed by atoms with Crippen molar-refractivity contribution in [2.45, 2.75) is 13.8 Å². The molecule has 0 saturated carbocycles. The molecule has 2 unspecified atom stereocenters. The smallest absolute Gasteiger partial charge is 0.290 e. The van der Waals surface area contributed by atoms with Gasteiger partial charge in [0.25, 0.3) is 5.56 Å². The van der Waals surface area contributed by atoms with Gasteiger partial charge < -0.3 is 14.8 Å². The minimum absolute atomic E-state index is 0.105. The van der Waals surface area contributed by atoms with Crippen molar-refractivity contribution in [1.29, 1.82) is 0 Å². The van der Waals surface area contributed by atoms with Gasteiger partial charge >= 0.3 is 0 Å². The zero-order valence-corrected chi connectivity index (χ0v) is 13.4. The number of rotatable bonds is 2. The predicted octanol–water partition coefficient (Wildman–Crippen LogP) is 0.749. The molecule has 120 valence electrons. The van der Waals surface area contributed by atoms with Crippen LogP contribution in [0, 0.1) is 25.7 Å². The number of aryl methyl sites for hydroxylation is 1. The Labute approximate surface area is 134 Å². The van der Waals surface area contributed by atoms with Gasteiger partial charge in [-0.25, -0.2) is 15.0 Å². The Hall–Kier alpha value is -2.44. The summed E-state index contributed by atoms with van der Waals surface area (Å²) in [5.74, 6) is 2.69. The lowest BCUT2D eigenvalue weighted by Crippen LogP contribution is -2.33. The molecule has 2 atom stereocenters. The topological polar surface area (TPSA) is 78.0 Å². The summed E-state index contributed by atoms with van der Waals surface area (Å²) in [4.78, 5) is 32.0. The average molecular weight is 312 g/mol. The van der Waals surface area contributed by atoms with E-state index in [2.05, 4.69) is 36.7 Å². The summed E-state index contributed by atoms with van der Waals surface area (Å²) in [5, 5.41) is 0. The van der Waals surface area contributed by atoms with Gasteiger partial charge in [-0.1, -0.05) is 0 Å². The molecule has 23 heavy (non-hydrogen) atoms. The summed E-state index contributed by atoms with van der Waals surface area (Å²) >= 11 is 0. The fraction of sp³-hybridized carbons (Fsp3) is 0.500. The van der Waals surface area contributed by atoms with Gasteiger partial charge in [-0.2, -0.15) is 0 Å². The summed E-state index contributed by atoms with van der Waals surface area (Å²) in [7, 11) is 0. The van der Waals surface area contributed by atoms with Crippen molar-refractivity contribution in [3.8, 4) is 0 Å². The third-order valence-electron chi connectivity index (χ3n) is 5.08. The first-order valence-electron chi connectivity index (χ1n) is 7.95. The maximum absolute atomic E-state index is 11.9. The van der Waals surface area contributed by atoms with Gasteiger partial charge in [0.15, 0.2) is 5.82 Å². The van der Waals surface area contributed by atoms with Gasteiger partial charge in [0, 0.05) is 61.7 Å². The molecule has 0 amide bonds. The fourth-order valence-electron chi connectivity index (χ4n) is 3.75. The first-order chi connectivity index (χ1) is 11.1. The molecule has 0 bridgehead atoms. The Kier molecular flexibility index (Phi) is 3.28. The summed E-state index contributed by atoms with van der Waals surface area (Å²) < 4.78 is 0. The lowest BCUT2D eigenvalue weighted by molar-refractivity contribution is 0.533. The van der Waals surface area contributed by atoms with Crippen LogP contribution in [-0.4, -0.2) is 46.1 Å². The van der Waals surface area contributed by atoms with Gasteiger partial charge in [-0.3, -0.25) is 4.79 Å². The third kappa shape index (κ3) is 2.36.